The number of carbonyl (C=O) groups is 4. The number of carboxylic acid groups (broad SMARTS) is 4. The minimum Gasteiger partial charge on any atom is -0.549 e. The van der Waals surface area contributed by atoms with Gasteiger partial charge in [0.05, 0.1) is 25.6 Å². The molecule has 0 radical (unpaired) electrons. The molecule has 0 spiro atoms. The van der Waals surface area contributed by atoms with Gasteiger partial charge in [0.1, 0.15) is 0 Å². The molecular formula is C10H18N3NaO8. The first-order valence-electron chi connectivity index (χ1n) is 5.50. The van der Waals surface area contributed by atoms with Crippen LogP contribution in [0.15, 0.2) is 0 Å². The fraction of sp³-hybridized carbons (Fsp3) is 0.600. The van der Waals surface area contributed by atoms with Crippen molar-refractivity contribution in [2.24, 2.45) is 0 Å². The van der Waals surface area contributed by atoms with E-state index in [1.807, 2.05) is 0 Å². The third-order valence-corrected chi connectivity index (χ3v) is 2.16. The fourth-order valence-corrected chi connectivity index (χ4v) is 1.47. The summed E-state index contributed by atoms with van der Waals surface area (Å²) in [5.41, 5.74) is 0. The van der Waals surface area contributed by atoms with Crippen molar-refractivity contribution < 1.29 is 69.2 Å². The van der Waals surface area contributed by atoms with E-state index in [2.05, 4.69) is 0 Å². The first-order chi connectivity index (χ1) is 9.20. The van der Waals surface area contributed by atoms with Gasteiger partial charge < -0.3 is 31.4 Å². The largest absolute Gasteiger partial charge is 1.00 e. The summed E-state index contributed by atoms with van der Waals surface area (Å²) in [5.74, 6) is -5.21. The Morgan fingerprint density at radius 1 is 0.727 bits per heavy atom. The normalized spacial score (nSPS) is 9.73. The molecule has 0 aromatic rings. The Balaban J connectivity index is -0.00000180. The third-order valence-electron chi connectivity index (χ3n) is 2.16. The number of aliphatic carboxylic acids is 4. The molecule has 22 heavy (non-hydrogen) atoms. The maximum Gasteiger partial charge on any atom is 1.00 e. The van der Waals surface area contributed by atoms with Crippen LogP contribution in [0, 0.1) is 0 Å². The molecule has 0 amide bonds. The van der Waals surface area contributed by atoms with Crippen LogP contribution in [0.3, 0.4) is 0 Å². The van der Waals surface area contributed by atoms with Gasteiger partial charge in [-0.25, -0.2) is 0 Å². The van der Waals surface area contributed by atoms with E-state index in [4.69, 9.17) is 15.3 Å². The molecule has 6 N–H and O–H groups in total. The van der Waals surface area contributed by atoms with E-state index in [-0.39, 0.29) is 48.8 Å². The van der Waals surface area contributed by atoms with Crippen LogP contribution in [0.2, 0.25) is 0 Å². The van der Waals surface area contributed by atoms with Crippen LogP contribution in [0.4, 0.5) is 0 Å². The van der Waals surface area contributed by atoms with Crippen LogP contribution in [-0.2, 0) is 19.2 Å². The second kappa shape index (κ2) is 13.4. The number of hydrogen-bond acceptors (Lipinski definition) is 8. The molecule has 0 bridgehead atoms. The number of nitrogens with zero attached hydrogens (tertiary/aromatic N) is 2. The van der Waals surface area contributed by atoms with Crippen molar-refractivity contribution >= 4 is 23.9 Å². The summed E-state index contributed by atoms with van der Waals surface area (Å²) in [5, 5.41) is 36.3. The molecule has 122 valence electrons. The van der Waals surface area contributed by atoms with Gasteiger partial charge in [0.2, 0.25) is 0 Å². The molecule has 11 nitrogen and oxygen atoms in total. The van der Waals surface area contributed by atoms with Gasteiger partial charge in [-0.05, 0) is 0 Å². The van der Waals surface area contributed by atoms with Crippen LogP contribution < -0.4 is 40.8 Å². The summed E-state index contributed by atoms with van der Waals surface area (Å²) in [4.78, 5) is 44.1. The summed E-state index contributed by atoms with van der Waals surface area (Å²) < 4.78 is 0. The van der Waals surface area contributed by atoms with E-state index >= 15 is 0 Å². The van der Waals surface area contributed by atoms with Crippen LogP contribution in [0.1, 0.15) is 0 Å². The van der Waals surface area contributed by atoms with E-state index in [1.54, 1.807) is 0 Å². The molecule has 0 aromatic carbocycles. The monoisotopic (exact) mass is 331 g/mol. The molecular weight excluding hydrogens is 313 g/mol. The van der Waals surface area contributed by atoms with Crippen molar-refractivity contribution in [3.63, 3.8) is 0 Å². The summed E-state index contributed by atoms with van der Waals surface area (Å²) in [6.07, 6.45) is 0. The Morgan fingerprint density at radius 2 is 1.00 bits per heavy atom. The number of carboxylic acids is 4. The Hall–Kier alpha value is -1.24. The fourth-order valence-electron chi connectivity index (χ4n) is 1.47. The zero-order valence-corrected chi connectivity index (χ0v) is 14.2. The minimum atomic E-state index is -1.48. The molecule has 0 heterocycles. The molecule has 0 saturated carbocycles. The van der Waals surface area contributed by atoms with Gasteiger partial charge in [0.25, 0.3) is 0 Å². The maximum absolute atomic E-state index is 10.5. The molecule has 0 aliphatic carbocycles. The zero-order valence-electron chi connectivity index (χ0n) is 12.2. The SMILES string of the molecule is N.O=C([O-])CN(CCN(CC(=O)O)CC(=O)O)CC(=O)O.[Na+]. The Morgan fingerprint density at radius 3 is 1.23 bits per heavy atom. The van der Waals surface area contributed by atoms with E-state index in [0.29, 0.717) is 0 Å². The van der Waals surface area contributed by atoms with Gasteiger partial charge >= 0.3 is 47.5 Å². The number of hydrogen-bond donors (Lipinski definition) is 4. The van der Waals surface area contributed by atoms with Crippen molar-refractivity contribution in [3.05, 3.63) is 0 Å². The molecule has 0 fully saturated rings. The molecule has 12 heteroatoms. The summed E-state index contributed by atoms with van der Waals surface area (Å²) in [6, 6.07) is 0. The van der Waals surface area contributed by atoms with E-state index in [0.717, 1.165) is 9.80 Å². The molecule has 0 atom stereocenters. The molecule has 0 aromatic heterocycles. The number of rotatable bonds is 11. The van der Waals surface area contributed by atoms with E-state index in [1.165, 1.54) is 0 Å². The van der Waals surface area contributed by atoms with Gasteiger partial charge in [-0.2, -0.15) is 0 Å². The van der Waals surface area contributed by atoms with Crippen molar-refractivity contribution in [3.8, 4) is 0 Å². The van der Waals surface area contributed by atoms with Crippen molar-refractivity contribution in [2.45, 2.75) is 0 Å². The average molecular weight is 331 g/mol. The second-order valence-electron chi connectivity index (χ2n) is 3.97. The zero-order chi connectivity index (χ0) is 15.7. The Labute approximate surface area is 148 Å². The maximum atomic E-state index is 10.5. The first kappa shape index (κ1) is 25.7. The van der Waals surface area contributed by atoms with Crippen molar-refractivity contribution in [1.82, 2.24) is 16.0 Å². The van der Waals surface area contributed by atoms with E-state index < -0.39 is 50.1 Å². The quantitative estimate of drug-likeness (QED) is 0.263. The molecule has 0 rings (SSSR count). The van der Waals surface area contributed by atoms with E-state index in [9.17, 15) is 24.3 Å². The van der Waals surface area contributed by atoms with Crippen molar-refractivity contribution in [1.29, 1.82) is 0 Å². The molecule has 0 aliphatic heterocycles. The minimum absolute atomic E-state index is 0. The van der Waals surface area contributed by atoms with Gasteiger partial charge in [-0.3, -0.25) is 24.2 Å². The van der Waals surface area contributed by atoms with Crippen LogP contribution in [0.25, 0.3) is 0 Å². The standard InChI is InChI=1S/C10H16N2O8.H3N.Na/c13-7(14)3-11(4-8(15)16)1-2-12(5-9(17)18)6-10(19)20;;/h1-6H2,(H,13,14)(H,15,16)(H,17,18)(H,19,20);1H3;/q;;+1/p-1. The van der Waals surface area contributed by atoms with Gasteiger partial charge in [0.15, 0.2) is 0 Å². The first-order valence-corrected chi connectivity index (χ1v) is 5.50. The second-order valence-corrected chi connectivity index (χ2v) is 3.97. The van der Waals surface area contributed by atoms with Crippen LogP contribution in [0.5, 0.6) is 0 Å². The summed E-state index contributed by atoms with van der Waals surface area (Å²) in [7, 11) is 0. The van der Waals surface area contributed by atoms with Crippen LogP contribution in [-0.4, -0.2) is 88.3 Å². The predicted octanol–water partition coefficient (Wildman–Crippen LogP) is -6.24. The van der Waals surface area contributed by atoms with Crippen LogP contribution >= 0.6 is 0 Å². The predicted molar refractivity (Wildman–Crippen MR) is 65.8 cm³/mol. The Kier molecular flexibility index (Phi) is 15.7. The van der Waals surface area contributed by atoms with Gasteiger partial charge in [-0.1, -0.05) is 0 Å². The Bertz CT molecular complexity index is 324. The van der Waals surface area contributed by atoms with Gasteiger partial charge in [0, 0.05) is 19.6 Å². The smallest absolute Gasteiger partial charge is 0.549 e. The topological polar surface area (TPSA) is 194 Å². The average Bonchev–Trinajstić information content (AvgIpc) is 2.22. The van der Waals surface area contributed by atoms with Crippen molar-refractivity contribution in [2.75, 3.05) is 39.3 Å². The summed E-state index contributed by atoms with van der Waals surface area (Å²) >= 11 is 0. The summed E-state index contributed by atoms with van der Waals surface area (Å²) in [6.45, 7) is -2.50. The molecule has 0 unspecified atom stereocenters. The number of carbonyl (C=O) groups excluding carboxylic acids is 1. The molecule has 0 saturated heterocycles. The third kappa shape index (κ3) is 15.2. The molecule has 0 aliphatic rings. The van der Waals surface area contributed by atoms with Gasteiger partial charge in [-0.15, -0.1) is 0 Å².